The number of anilines is 1. The maximum Gasteiger partial charge on any atom is 0.261 e. The molecule has 0 radical (unpaired) electrons. The Morgan fingerprint density at radius 1 is 1.13 bits per heavy atom. The Labute approximate surface area is 228 Å². The molecule has 0 saturated carbocycles. The fraction of sp³-hybridized carbons (Fsp3) is 0.214. The van der Waals surface area contributed by atoms with E-state index in [1.54, 1.807) is 42.7 Å². The Morgan fingerprint density at radius 3 is 2.59 bits per heavy atom. The number of allylic oxidation sites excluding steroid dienone is 1. The highest BCUT2D eigenvalue weighted by Gasteiger charge is 2.39. The quantitative estimate of drug-likeness (QED) is 0.256. The van der Waals surface area contributed by atoms with Gasteiger partial charge in [-0.1, -0.05) is 29.7 Å². The van der Waals surface area contributed by atoms with Crippen molar-refractivity contribution in [2.24, 2.45) is 0 Å². The number of amides is 1. The van der Waals surface area contributed by atoms with Crippen molar-refractivity contribution in [1.82, 2.24) is 9.29 Å². The Hall–Kier alpha value is -4.45. The van der Waals surface area contributed by atoms with Gasteiger partial charge in [0.05, 0.1) is 34.9 Å². The van der Waals surface area contributed by atoms with Crippen LogP contribution in [0, 0.1) is 22.7 Å². The van der Waals surface area contributed by atoms with Crippen LogP contribution in [0.3, 0.4) is 0 Å². The van der Waals surface area contributed by atoms with Gasteiger partial charge in [0.25, 0.3) is 5.91 Å². The summed E-state index contributed by atoms with van der Waals surface area (Å²) in [6, 6.07) is 18.9. The number of ether oxygens (including phenoxy) is 1. The van der Waals surface area contributed by atoms with Crippen LogP contribution in [0.5, 0.6) is 5.75 Å². The summed E-state index contributed by atoms with van der Waals surface area (Å²) in [6.45, 7) is 0.728. The lowest BCUT2D eigenvalue weighted by Crippen LogP contribution is -2.39. The first-order chi connectivity index (χ1) is 18.8. The molecule has 1 atom stereocenters. The lowest BCUT2D eigenvalue weighted by Gasteiger charge is -2.24. The van der Waals surface area contributed by atoms with Gasteiger partial charge in [-0.25, -0.2) is 8.42 Å². The summed E-state index contributed by atoms with van der Waals surface area (Å²) in [6.07, 6.45) is 4.54. The van der Waals surface area contributed by atoms with Gasteiger partial charge in [0.1, 0.15) is 37.9 Å². The maximum atomic E-state index is 13.8. The second-order valence-corrected chi connectivity index (χ2v) is 11.3. The molecule has 2 aliphatic rings. The number of hydrogen-bond acceptors (Lipinski definition) is 7. The molecule has 1 fully saturated rings. The third-order valence-corrected chi connectivity index (χ3v) is 8.88. The zero-order valence-corrected chi connectivity index (χ0v) is 22.1. The van der Waals surface area contributed by atoms with Crippen molar-refractivity contribution in [3.05, 3.63) is 83.7 Å². The summed E-state index contributed by atoms with van der Waals surface area (Å²) >= 11 is 0. The molecule has 0 bridgehead atoms. The number of aromatic nitrogens is 1. The van der Waals surface area contributed by atoms with Crippen molar-refractivity contribution in [2.75, 3.05) is 18.1 Å². The van der Waals surface area contributed by atoms with E-state index in [-0.39, 0.29) is 40.8 Å². The van der Waals surface area contributed by atoms with E-state index in [1.165, 1.54) is 21.3 Å². The number of fused-ring (bicyclic) bond motifs is 1. The molecule has 1 amide bonds. The Morgan fingerprint density at radius 2 is 1.90 bits per heavy atom. The van der Waals surface area contributed by atoms with Crippen molar-refractivity contribution in [2.45, 2.75) is 30.3 Å². The van der Waals surface area contributed by atoms with E-state index in [1.807, 2.05) is 32.1 Å². The summed E-state index contributed by atoms with van der Waals surface area (Å²) in [5, 5.41) is 19.2. The van der Waals surface area contributed by atoms with Gasteiger partial charge in [-0.15, -0.1) is 0 Å². The Balaban J connectivity index is 1.49. The third-order valence-electron chi connectivity index (χ3n) is 6.93. The van der Waals surface area contributed by atoms with Crippen molar-refractivity contribution in [3.8, 4) is 17.9 Å². The van der Waals surface area contributed by atoms with Gasteiger partial charge in [0.2, 0.25) is 10.0 Å². The molecule has 194 valence electrons. The summed E-state index contributed by atoms with van der Waals surface area (Å²) in [4.78, 5) is 18.9. The Kier molecular flexibility index (Phi) is 7.20. The monoisotopic (exact) mass is 537 g/mol. The van der Waals surface area contributed by atoms with E-state index in [0.29, 0.717) is 30.8 Å². The van der Waals surface area contributed by atoms with E-state index in [0.717, 1.165) is 11.0 Å². The molecular formula is C28H24BN5O4S. The molecule has 2 aromatic carbocycles. The highest BCUT2D eigenvalue weighted by atomic mass is 32.2. The largest absolute Gasteiger partial charge is 0.490 e. The topological polar surface area (TPSA) is 127 Å². The zero-order chi connectivity index (χ0) is 27.6. The van der Waals surface area contributed by atoms with Gasteiger partial charge < -0.3 is 9.64 Å². The lowest BCUT2D eigenvalue weighted by molar-refractivity contribution is -0.113. The molecule has 3 aromatic rings. The van der Waals surface area contributed by atoms with Gasteiger partial charge in [-0.2, -0.15) is 14.8 Å². The van der Waals surface area contributed by atoms with E-state index in [2.05, 4.69) is 4.98 Å². The summed E-state index contributed by atoms with van der Waals surface area (Å²) < 4.78 is 34.8. The molecule has 0 spiro atoms. The van der Waals surface area contributed by atoms with Crippen LogP contribution >= 0.6 is 0 Å². The van der Waals surface area contributed by atoms with E-state index in [9.17, 15) is 23.7 Å². The second kappa shape index (κ2) is 10.7. The van der Waals surface area contributed by atoms with Crippen LogP contribution in [0.1, 0.15) is 24.0 Å². The molecule has 1 aromatic heterocycles. The molecule has 2 aliphatic heterocycles. The van der Waals surface area contributed by atoms with Crippen molar-refractivity contribution in [3.63, 3.8) is 0 Å². The molecule has 3 heterocycles. The van der Waals surface area contributed by atoms with Crippen LogP contribution in [-0.2, 0) is 21.4 Å². The number of sulfonamides is 1. The SMILES string of the molecule is Bc1ccc(CN2C(=O)C(=C(C#N)C#N)c3cc(S(=O)(=O)N4CCC[C@H]4COc4cccnc4)ccc32)cc1. The molecule has 1 saturated heterocycles. The number of benzene rings is 2. The fourth-order valence-electron chi connectivity index (χ4n) is 4.93. The minimum atomic E-state index is -3.96. The van der Waals surface area contributed by atoms with Crippen LogP contribution in [0.15, 0.2) is 77.5 Å². The Bertz CT molecular complexity index is 1630. The highest BCUT2D eigenvalue weighted by molar-refractivity contribution is 7.89. The fourth-order valence-corrected chi connectivity index (χ4v) is 6.64. The van der Waals surface area contributed by atoms with Gasteiger partial charge in [0, 0.05) is 18.3 Å². The highest BCUT2D eigenvalue weighted by Crippen LogP contribution is 2.41. The average molecular weight is 537 g/mol. The van der Waals surface area contributed by atoms with Crippen molar-refractivity contribution < 1.29 is 17.9 Å². The number of carbonyl (C=O) groups is 1. The molecule has 11 heteroatoms. The van der Waals surface area contributed by atoms with E-state index < -0.39 is 15.9 Å². The van der Waals surface area contributed by atoms with Crippen LogP contribution in [0.25, 0.3) is 5.57 Å². The van der Waals surface area contributed by atoms with Crippen molar-refractivity contribution in [1.29, 1.82) is 10.5 Å². The number of hydrogen-bond donors (Lipinski definition) is 0. The zero-order valence-electron chi connectivity index (χ0n) is 21.2. The molecule has 0 unspecified atom stereocenters. The minimum absolute atomic E-state index is 0.00718. The van der Waals surface area contributed by atoms with E-state index >= 15 is 0 Å². The number of pyridine rings is 1. The summed E-state index contributed by atoms with van der Waals surface area (Å²) in [5.41, 5.74) is 2.21. The smallest absolute Gasteiger partial charge is 0.261 e. The predicted octanol–water partition coefficient (Wildman–Crippen LogP) is 1.92. The summed E-state index contributed by atoms with van der Waals surface area (Å²) in [5.74, 6) is 0.0453. The van der Waals surface area contributed by atoms with Crippen LogP contribution in [-0.4, -0.2) is 50.7 Å². The first-order valence-corrected chi connectivity index (χ1v) is 13.9. The molecule has 39 heavy (non-hydrogen) atoms. The average Bonchev–Trinajstić information content (AvgIpc) is 3.53. The lowest BCUT2D eigenvalue weighted by atomic mass is 9.95. The van der Waals surface area contributed by atoms with Gasteiger partial charge in [0.15, 0.2) is 0 Å². The molecule has 5 rings (SSSR count). The van der Waals surface area contributed by atoms with Crippen LogP contribution in [0.4, 0.5) is 5.69 Å². The standard InChI is InChI=1S/C28H24BN5O4S/c29-21-7-5-19(6-8-21)17-33-26-10-9-24(13-25(26)27(28(33)35)20(14-30)15-31)39(36,37)34-12-2-3-22(34)18-38-23-4-1-11-32-16-23/h1,4-11,13,16,22H,2-3,12,17-18,29H2/t22-/m0/s1. The van der Waals surface area contributed by atoms with Crippen LogP contribution in [0.2, 0.25) is 0 Å². The molecule has 9 nitrogen and oxygen atoms in total. The van der Waals surface area contributed by atoms with E-state index in [4.69, 9.17) is 4.74 Å². The number of nitrogens with zero attached hydrogens (tertiary/aromatic N) is 5. The number of rotatable bonds is 7. The molecular weight excluding hydrogens is 513 g/mol. The minimum Gasteiger partial charge on any atom is -0.490 e. The summed E-state index contributed by atoms with van der Waals surface area (Å²) in [7, 11) is -1.99. The van der Waals surface area contributed by atoms with Gasteiger partial charge in [-0.3, -0.25) is 9.78 Å². The normalized spacial score (nSPS) is 17.0. The first kappa shape index (κ1) is 26.2. The first-order valence-electron chi connectivity index (χ1n) is 12.4. The number of nitriles is 2. The van der Waals surface area contributed by atoms with Gasteiger partial charge >= 0.3 is 0 Å². The maximum absolute atomic E-state index is 13.8. The number of carbonyl (C=O) groups excluding carboxylic acids is 1. The molecule has 0 N–H and O–H groups in total. The second-order valence-electron chi connectivity index (χ2n) is 9.44. The predicted molar refractivity (Wildman–Crippen MR) is 147 cm³/mol. The van der Waals surface area contributed by atoms with Gasteiger partial charge in [-0.05, 0) is 48.7 Å². The van der Waals surface area contributed by atoms with Crippen LogP contribution < -0.4 is 15.1 Å². The third kappa shape index (κ3) is 5.02. The van der Waals surface area contributed by atoms with Crippen molar-refractivity contribution >= 4 is 40.5 Å². The molecule has 0 aliphatic carbocycles.